The summed E-state index contributed by atoms with van der Waals surface area (Å²) in [5.41, 5.74) is 2.15. The normalized spacial score (nSPS) is 20.2. The first-order valence-corrected chi connectivity index (χ1v) is 5.36. The summed E-state index contributed by atoms with van der Waals surface area (Å²) in [4.78, 5) is 10.9. The van der Waals surface area contributed by atoms with Gasteiger partial charge in [-0.25, -0.2) is 0 Å². The number of anilines is 1. The van der Waals surface area contributed by atoms with Crippen molar-refractivity contribution in [3.05, 3.63) is 29.8 Å². The van der Waals surface area contributed by atoms with Gasteiger partial charge in [-0.15, -0.1) is 0 Å². The van der Waals surface area contributed by atoms with Crippen molar-refractivity contribution >= 4 is 11.6 Å². The van der Waals surface area contributed by atoms with Gasteiger partial charge < -0.3 is 10.6 Å². The number of benzene rings is 1. The number of rotatable bonds is 2. The van der Waals surface area contributed by atoms with E-state index in [9.17, 15) is 4.79 Å². The molecule has 80 valence electrons. The molecule has 2 N–H and O–H groups in total. The van der Waals surface area contributed by atoms with Crippen molar-refractivity contribution in [3.63, 3.8) is 0 Å². The number of carbonyl (C=O) groups excluding carboxylic acids is 1. The topological polar surface area (TPSA) is 41.1 Å². The molecule has 1 atom stereocenters. The van der Waals surface area contributed by atoms with Gasteiger partial charge in [0.1, 0.15) is 0 Å². The summed E-state index contributed by atoms with van der Waals surface area (Å²) in [5, 5.41) is 6.24. The van der Waals surface area contributed by atoms with E-state index in [0.29, 0.717) is 6.04 Å². The quantitative estimate of drug-likeness (QED) is 0.774. The van der Waals surface area contributed by atoms with Crippen molar-refractivity contribution < 1.29 is 4.79 Å². The first kappa shape index (κ1) is 10.2. The Balaban J connectivity index is 2.14. The molecule has 1 saturated heterocycles. The maximum absolute atomic E-state index is 10.9. The van der Waals surface area contributed by atoms with Crippen LogP contribution in [0.5, 0.6) is 0 Å². The highest BCUT2D eigenvalue weighted by atomic mass is 16.1. The molecule has 15 heavy (non-hydrogen) atoms. The molecule has 0 bridgehead atoms. The third kappa shape index (κ3) is 2.57. The van der Waals surface area contributed by atoms with Gasteiger partial charge >= 0.3 is 0 Å². The minimum Gasteiger partial charge on any atom is -0.326 e. The molecule has 1 fully saturated rings. The zero-order chi connectivity index (χ0) is 10.7. The van der Waals surface area contributed by atoms with Gasteiger partial charge in [0.05, 0.1) is 0 Å². The van der Waals surface area contributed by atoms with Gasteiger partial charge in [-0.1, -0.05) is 12.1 Å². The highest BCUT2D eigenvalue weighted by molar-refractivity contribution is 5.88. The molecular formula is C12H16N2O. The van der Waals surface area contributed by atoms with E-state index in [1.807, 2.05) is 18.2 Å². The number of amides is 1. The van der Waals surface area contributed by atoms with Gasteiger partial charge in [0.15, 0.2) is 0 Å². The van der Waals surface area contributed by atoms with Gasteiger partial charge in [-0.05, 0) is 37.1 Å². The lowest BCUT2D eigenvalue weighted by atomic mass is 10.0. The van der Waals surface area contributed by atoms with Gasteiger partial charge in [0, 0.05) is 18.7 Å². The monoisotopic (exact) mass is 204 g/mol. The molecule has 1 aliphatic rings. The van der Waals surface area contributed by atoms with E-state index in [-0.39, 0.29) is 5.91 Å². The van der Waals surface area contributed by atoms with Crippen LogP contribution in [0.4, 0.5) is 5.69 Å². The number of nitrogens with one attached hydrogen (secondary N) is 2. The molecule has 0 unspecified atom stereocenters. The second kappa shape index (κ2) is 4.45. The van der Waals surface area contributed by atoms with E-state index in [1.165, 1.54) is 25.3 Å². The van der Waals surface area contributed by atoms with Crippen LogP contribution >= 0.6 is 0 Å². The summed E-state index contributed by atoms with van der Waals surface area (Å²) in [6, 6.07) is 8.51. The Morgan fingerprint density at radius 1 is 1.53 bits per heavy atom. The predicted molar refractivity (Wildman–Crippen MR) is 60.7 cm³/mol. The summed E-state index contributed by atoms with van der Waals surface area (Å²) < 4.78 is 0. The second-order valence-electron chi connectivity index (χ2n) is 3.96. The molecular weight excluding hydrogens is 188 g/mol. The fourth-order valence-corrected chi connectivity index (χ4v) is 2.01. The zero-order valence-electron chi connectivity index (χ0n) is 8.92. The van der Waals surface area contributed by atoms with Gasteiger partial charge in [0.25, 0.3) is 0 Å². The standard InChI is InChI=1S/C12H16N2O/c1-9(15)14-11-5-2-4-10(8-11)12-6-3-7-13-12/h2,4-5,8,12-13H,3,6-7H2,1H3,(H,14,15)/t12-/m1/s1. The van der Waals surface area contributed by atoms with E-state index in [1.54, 1.807) is 0 Å². The summed E-state index contributed by atoms with van der Waals surface area (Å²) in [6.07, 6.45) is 2.42. The Morgan fingerprint density at radius 2 is 2.40 bits per heavy atom. The van der Waals surface area contributed by atoms with Crippen LogP contribution in [0.15, 0.2) is 24.3 Å². The van der Waals surface area contributed by atoms with Crippen LogP contribution in [0.2, 0.25) is 0 Å². The molecule has 1 aliphatic heterocycles. The molecule has 0 aliphatic carbocycles. The van der Waals surface area contributed by atoms with Crippen molar-refractivity contribution in [1.29, 1.82) is 0 Å². The van der Waals surface area contributed by atoms with Crippen molar-refractivity contribution in [3.8, 4) is 0 Å². The van der Waals surface area contributed by atoms with Crippen LogP contribution in [-0.4, -0.2) is 12.5 Å². The van der Waals surface area contributed by atoms with Gasteiger partial charge in [-0.2, -0.15) is 0 Å². The lowest BCUT2D eigenvalue weighted by Crippen LogP contribution is -2.13. The van der Waals surface area contributed by atoms with Crippen LogP contribution in [0.1, 0.15) is 31.4 Å². The maximum atomic E-state index is 10.9. The molecule has 0 saturated carbocycles. The van der Waals surface area contributed by atoms with Crippen LogP contribution in [-0.2, 0) is 4.79 Å². The van der Waals surface area contributed by atoms with E-state index in [2.05, 4.69) is 16.7 Å². The lowest BCUT2D eigenvalue weighted by Gasteiger charge is -2.12. The molecule has 1 heterocycles. The molecule has 2 rings (SSSR count). The van der Waals surface area contributed by atoms with E-state index >= 15 is 0 Å². The van der Waals surface area contributed by atoms with Crippen LogP contribution in [0, 0.1) is 0 Å². The fourth-order valence-electron chi connectivity index (χ4n) is 2.01. The summed E-state index contributed by atoms with van der Waals surface area (Å²) in [7, 11) is 0. The minimum atomic E-state index is -0.0217. The SMILES string of the molecule is CC(=O)Nc1cccc([C@H]2CCCN2)c1. The highest BCUT2D eigenvalue weighted by Gasteiger charge is 2.15. The smallest absolute Gasteiger partial charge is 0.221 e. The Hall–Kier alpha value is -1.35. The van der Waals surface area contributed by atoms with E-state index in [4.69, 9.17) is 0 Å². The average Bonchev–Trinajstić information content (AvgIpc) is 2.69. The molecule has 1 amide bonds. The molecule has 0 aromatic heterocycles. The van der Waals surface area contributed by atoms with Crippen LogP contribution in [0.3, 0.4) is 0 Å². The number of hydrogen-bond acceptors (Lipinski definition) is 2. The Morgan fingerprint density at radius 3 is 3.07 bits per heavy atom. The largest absolute Gasteiger partial charge is 0.326 e. The Labute approximate surface area is 89.9 Å². The molecule has 3 nitrogen and oxygen atoms in total. The Kier molecular flexibility index (Phi) is 3.02. The van der Waals surface area contributed by atoms with Crippen LogP contribution < -0.4 is 10.6 Å². The lowest BCUT2D eigenvalue weighted by molar-refractivity contribution is -0.114. The summed E-state index contributed by atoms with van der Waals surface area (Å²) in [6.45, 7) is 2.62. The molecule has 0 spiro atoms. The molecule has 0 radical (unpaired) electrons. The highest BCUT2D eigenvalue weighted by Crippen LogP contribution is 2.24. The zero-order valence-corrected chi connectivity index (χ0v) is 8.92. The Bertz CT molecular complexity index is 356. The van der Waals surface area contributed by atoms with E-state index < -0.39 is 0 Å². The minimum absolute atomic E-state index is 0.0217. The summed E-state index contributed by atoms with van der Waals surface area (Å²) in [5.74, 6) is -0.0217. The molecule has 1 aromatic rings. The van der Waals surface area contributed by atoms with Crippen molar-refractivity contribution in [2.75, 3.05) is 11.9 Å². The fraction of sp³-hybridized carbons (Fsp3) is 0.417. The summed E-state index contributed by atoms with van der Waals surface area (Å²) >= 11 is 0. The number of hydrogen-bond donors (Lipinski definition) is 2. The van der Waals surface area contributed by atoms with Crippen molar-refractivity contribution in [2.45, 2.75) is 25.8 Å². The van der Waals surface area contributed by atoms with Crippen molar-refractivity contribution in [2.24, 2.45) is 0 Å². The molecule has 3 heteroatoms. The molecule has 1 aromatic carbocycles. The first-order valence-electron chi connectivity index (χ1n) is 5.36. The second-order valence-corrected chi connectivity index (χ2v) is 3.96. The van der Waals surface area contributed by atoms with Crippen LogP contribution in [0.25, 0.3) is 0 Å². The van der Waals surface area contributed by atoms with Gasteiger partial charge in [0.2, 0.25) is 5.91 Å². The number of carbonyl (C=O) groups is 1. The third-order valence-electron chi connectivity index (χ3n) is 2.67. The maximum Gasteiger partial charge on any atom is 0.221 e. The van der Waals surface area contributed by atoms with E-state index in [0.717, 1.165) is 12.2 Å². The van der Waals surface area contributed by atoms with Gasteiger partial charge in [-0.3, -0.25) is 4.79 Å². The van der Waals surface area contributed by atoms with Crippen molar-refractivity contribution in [1.82, 2.24) is 5.32 Å². The average molecular weight is 204 g/mol. The predicted octanol–water partition coefficient (Wildman–Crippen LogP) is 2.07. The third-order valence-corrected chi connectivity index (χ3v) is 2.67. The first-order chi connectivity index (χ1) is 7.25.